The van der Waals surface area contributed by atoms with Gasteiger partial charge in [0, 0.05) is 86.5 Å². The Balaban J connectivity index is 0.819. The number of piperidine rings is 2. The molecule has 8 rings (SSSR count). The lowest BCUT2D eigenvalue weighted by Gasteiger charge is -2.37. The lowest BCUT2D eigenvalue weighted by molar-refractivity contribution is -0.120. The molecule has 3 N–H and O–H groups in total. The molecule has 3 aliphatic rings. The van der Waals surface area contributed by atoms with Crippen LogP contribution in [0.2, 0.25) is 0 Å². The molecule has 2 aliphatic heterocycles. The molecule has 1 amide bonds. The molecule has 2 fully saturated rings. The number of hydrogen-bond acceptors (Lipinski definition) is 10. The Kier molecular flexibility index (Phi) is 12.7. The van der Waals surface area contributed by atoms with E-state index < -0.39 is 0 Å². The van der Waals surface area contributed by atoms with Crippen LogP contribution < -0.4 is 31.3 Å². The summed E-state index contributed by atoms with van der Waals surface area (Å²) in [6, 6.07) is 21.4. The normalized spacial score (nSPS) is 17.7. The lowest BCUT2D eigenvalue weighted by Crippen LogP contribution is -2.45. The molecule has 0 radical (unpaired) electrons. The molecular formula is C47H58N10O3. The molecule has 5 heterocycles. The Morgan fingerprint density at radius 1 is 0.917 bits per heavy atom. The number of rotatable bonds is 16. The zero-order chi connectivity index (χ0) is 41.6. The number of anilines is 4. The van der Waals surface area contributed by atoms with Crippen molar-refractivity contribution in [3.8, 4) is 5.82 Å². The number of pyridine rings is 1. The average Bonchev–Trinajstić information content (AvgIpc) is 3.83. The van der Waals surface area contributed by atoms with E-state index in [2.05, 4.69) is 86.7 Å². The Morgan fingerprint density at radius 3 is 2.28 bits per heavy atom. The van der Waals surface area contributed by atoms with Crippen LogP contribution in [-0.4, -0.2) is 82.3 Å². The predicted octanol–water partition coefficient (Wildman–Crippen LogP) is 6.63. The van der Waals surface area contributed by atoms with Crippen LogP contribution in [0.5, 0.6) is 0 Å². The summed E-state index contributed by atoms with van der Waals surface area (Å²) in [7, 11) is 1.62. The van der Waals surface area contributed by atoms with Crippen LogP contribution >= 0.6 is 0 Å². The van der Waals surface area contributed by atoms with Crippen molar-refractivity contribution >= 4 is 46.2 Å². The highest BCUT2D eigenvalue weighted by molar-refractivity contribution is 5.77. The van der Waals surface area contributed by atoms with E-state index in [-0.39, 0.29) is 17.4 Å². The summed E-state index contributed by atoms with van der Waals surface area (Å²) < 4.78 is 3.45. The Labute approximate surface area is 352 Å². The van der Waals surface area contributed by atoms with E-state index in [1.807, 2.05) is 22.9 Å². The van der Waals surface area contributed by atoms with Crippen molar-refractivity contribution in [2.24, 2.45) is 5.92 Å². The second kappa shape index (κ2) is 18.6. The molecule has 0 bridgehead atoms. The molecule has 13 nitrogen and oxygen atoms in total. The molecule has 2 atom stereocenters. The van der Waals surface area contributed by atoms with Crippen LogP contribution in [-0.2, 0) is 22.6 Å². The van der Waals surface area contributed by atoms with Gasteiger partial charge < -0.3 is 30.5 Å². The maximum Gasteiger partial charge on any atom is 0.278 e. The highest BCUT2D eigenvalue weighted by Gasteiger charge is 2.26. The van der Waals surface area contributed by atoms with E-state index in [0.717, 1.165) is 101 Å². The molecular weight excluding hydrogens is 753 g/mol. The number of nitrogens with zero attached hydrogens (tertiary/aromatic N) is 7. The summed E-state index contributed by atoms with van der Waals surface area (Å²) in [4.78, 5) is 56.2. The molecule has 5 aromatic rings. The van der Waals surface area contributed by atoms with Gasteiger partial charge in [-0.15, -0.1) is 6.58 Å². The molecule has 0 saturated carbocycles. The summed E-state index contributed by atoms with van der Waals surface area (Å²) in [6.07, 6.45) is 12.9. The van der Waals surface area contributed by atoms with Gasteiger partial charge in [-0.1, -0.05) is 31.2 Å². The highest BCUT2D eigenvalue weighted by atomic mass is 16.1. The highest BCUT2D eigenvalue weighted by Crippen LogP contribution is 2.35. The molecule has 0 spiro atoms. The minimum absolute atomic E-state index is 0.0416. The van der Waals surface area contributed by atoms with Gasteiger partial charge in [-0.25, -0.2) is 19.3 Å². The first-order valence-electron chi connectivity index (χ1n) is 21.8. The number of nitrogens with one attached hydrogen (secondary N) is 3. The summed E-state index contributed by atoms with van der Waals surface area (Å²) in [5.41, 5.74) is 7.00. The number of fused-ring (bicyclic) bond motifs is 2. The minimum atomic E-state index is -0.260. The molecule has 2 unspecified atom stereocenters. The fourth-order valence-corrected chi connectivity index (χ4v) is 9.26. The first-order valence-corrected chi connectivity index (χ1v) is 21.8. The van der Waals surface area contributed by atoms with Crippen LogP contribution in [0.25, 0.3) is 16.9 Å². The Hall–Kier alpha value is -5.82. The number of carbonyl (C=O) groups excluding carboxylic acids is 2. The van der Waals surface area contributed by atoms with Gasteiger partial charge in [0.05, 0.1) is 6.54 Å². The summed E-state index contributed by atoms with van der Waals surface area (Å²) in [6.45, 7) is 11.5. The second-order valence-corrected chi connectivity index (χ2v) is 16.6. The maximum absolute atomic E-state index is 13.5. The van der Waals surface area contributed by atoms with Gasteiger partial charge in [0.2, 0.25) is 11.9 Å². The zero-order valence-electron chi connectivity index (χ0n) is 35.0. The molecule has 13 heteroatoms. The third kappa shape index (κ3) is 8.86. The average molecular weight is 811 g/mol. The lowest BCUT2D eigenvalue weighted by atomic mass is 9.94. The summed E-state index contributed by atoms with van der Waals surface area (Å²) >= 11 is 0. The topological polar surface area (TPSA) is 142 Å². The van der Waals surface area contributed by atoms with E-state index in [1.165, 1.54) is 16.9 Å². The standard InChI is InChI=1S/C47H58N10O3/c1-4-24-56-46(60)41-30-50-47(53-45(41)57(56)42-18-10-35-7-6-33(5-2)44(35)52-42)51-38-12-16-40(17-13-38)54-25-20-32(21-26-54)29-49-37-22-27-55(28-23-37)39-14-8-34(9-15-39)36(31-58)11-19-43(59)48-3/h4,8-10,12-18,30-33,36-37,49H,1,5-7,11,19-29H2,2-3H3,(H,48,59)(H,50,51,53). The van der Waals surface area contributed by atoms with Crippen LogP contribution in [0.3, 0.4) is 0 Å². The number of benzene rings is 2. The van der Waals surface area contributed by atoms with Gasteiger partial charge in [0.25, 0.3) is 5.56 Å². The van der Waals surface area contributed by atoms with Crippen molar-refractivity contribution in [2.75, 3.05) is 54.9 Å². The number of aromatic nitrogens is 5. The number of amides is 1. The third-order valence-electron chi connectivity index (χ3n) is 12.9. The second-order valence-electron chi connectivity index (χ2n) is 16.6. The number of allylic oxidation sites excluding steroid dienone is 1. The Morgan fingerprint density at radius 2 is 1.62 bits per heavy atom. The molecule has 3 aromatic heterocycles. The van der Waals surface area contributed by atoms with Crippen molar-refractivity contribution in [3.63, 3.8) is 0 Å². The monoisotopic (exact) mass is 810 g/mol. The first-order chi connectivity index (χ1) is 29.3. The van der Waals surface area contributed by atoms with E-state index in [1.54, 1.807) is 24.0 Å². The van der Waals surface area contributed by atoms with E-state index in [9.17, 15) is 14.4 Å². The predicted molar refractivity (Wildman–Crippen MR) is 239 cm³/mol. The molecule has 1 aliphatic carbocycles. The van der Waals surface area contributed by atoms with Gasteiger partial charge in [0.1, 0.15) is 11.7 Å². The number of aryl methyl sites for hydroxylation is 1. The van der Waals surface area contributed by atoms with E-state index in [0.29, 0.717) is 60.1 Å². The van der Waals surface area contributed by atoms with Crippen LogP contribution in [0.1, 0.15) is 86.9 Å². The summed E-state index contributed by atoms with van der Waals surface area (Å²) in [5, 5.41) is 10.3. The van der Waals surface area contributed by atoms with Crippen molar-refractivity contribution < 1.29 is 9.59 Å². The quantitative estimate of drug-likeness (QED) is 0.0735. The van der Waals surface area contributed by atoms with Crippen molar-refractivity contribution in [3.05, 3.63) is 107 Å². The first kappa shape index (κ1) is 40.9. The molecule has 2 saturated heterocycles. The van der Waals surface area contributed by atoms with Gasteiger partial charge in [-0.2, -0.15) is 4.98 Å². The molecule has 2 aromatic carbocycles. The summed E-state index contributed by atoms with van der Waals surface area (Å²) in [5.74, 6) is 1.89. The van der Waals surface area contributed by atoms with Crippen LogP contribution in [0.4, 0.5) is 23.0 Å². The fraction of sp³-hybridized carbons (Fsp3) is 0.447. The van der Waals surface area contributed by atoms with Gasteiger partial charge in [-0.05, 0) is 117 Å². The minimum Gasteiger partial charge on any atom is -0.372 e. The zero-order valence-corrected chi connectivity index (χ0v) is 35.0. The molecule has 314 valence electrons. The van der Waals surface area contributed by atoms with Gasteiger partial charge >= 0.3 is 0 Å². The largest absolute Gasteiger partial charge is 0.372 e. The van der Waals surface area contributed by atoms with Gasteiger partial charge in [0.15, 0.2) is 11.5 Å². The van der Waals surface area contributed by atoms with Crippen LogP contribution in [0.15, 0.2) is 84.3 Å². The van der Waals surface area contributed by atoms with E-state index in [4.69, 9.17) is 9.97 Å². The van der Waals surface area contributed by atoms with E-state index >= 15 is 0 Å². The van der Waals surface area contributed by atoms with Crippen molar-refractivity contribution in [2.45, 2.75) is 89.1 Å². The Bertz CT molecular complexity index is 2340. The number of carbonyl (C=O) groups is 2. The van der Waals surface area contributed by atoms with Crippen LogP contribution in [0, 0.1) is 5.92 Å². The number of aldehydes is 1. The maximum atomic E-state index is 13.5. The smallest absolute Gasteiger partial charge is 0.278 e. The fourth-order valence-electron chi connectivity index (χ4n) is 9.26. The van der Waals surface area contributed by atoms with Gasteiger partial charge in [-0.3, -0.25) is 9.59 Å². The van der Waals surface area contributed by atoms with Crippen molar-refractivity contribution in [1.29, 1.82) is 0 Å². The molecule has 60 heavy (non-hydrogen) atoms. The third-order valence-corrected chi connectivity index (χ3v) is 12.9. The number of hydrogen-bond donors (Lipinski definition) is 3. The SMILES string of the molecule is C=CCn1c(=O)c2cnc(Nc3ccc(N4CCC(CNC5CCN(c6ccc(C(C=O)CCC(=O)NC)cc6)CC5)CC4)cc3)nc2n1-c1ccc2c(n1)C(CC)CC2. The van der Waals surface area contributed by atoms with Crippen molar-refractivity contribution in [1.82, 2.24) is 34.9 Å².